The van der Waals surface area contributed by atoms with Crippen LogP contribution in [0.3, 0.4) is 0 Å². The Morgan fingerprint density at radius 3 is 2.67 bits per heavy atom. The third-order valence-corrected chi connectivity index (χ3v) is 3.39. The molecule has 0 saturated carbocycles. The van der Waals surface area contributed by atoms with Crippen LogP contribution in [0.4, 0.5) is 11.4 Å². The summed E-state index contributed by atoms with van der Waals surface area (Å²) in [7, 11) is 1.61. The second-order valence-corrected chi connectivity index (χ2v) is 5.10. The lowest BCUT2D eigenvalue weighted by Gasteiger charge is -2.11. The minimum Gasteiger partial charge on any atom is -0.497 e. The number of hydrogen-bond acceptors (Lipinski definition) is 3. The lowest BCUT2D eigenvalue weighted by atomic mass is 10.1. The maximum Gasteiger partial charge on any atom is 0.228 e. The summed E-state index contributed by atoms with van der Waals surface area (Å²) in [6.07, 6.45) is 0.306. The number of nitrogens with two attached hydrogens (primary N) is 1. The van der Waals surface area contributed by atoms with Crippen molar-refractivity contribution in [1.29, 1.82) is 0 Å². The first-order valence-corrected chi connectivity index (χ1v) is 6.79. The van der Waals surface area contributed by atoms with Gasteiger partial charge in [-0.2, -0.15) is 0 Å². The molecule has 4 heteroatoms. The average Bonchev–Trinajstić information content (AvgIpc) is 2.45. The molecule has 3 N–H and O–H groups in total. The maximum absolute atomic E-state index is 12.1. The summed E-state index contributed by atoms with van der Waals surface area (Å²) in [5, 5.41) is 2.93. The van der Waals surface area contributed by atoms with Crippen molar-refractivity contribution in [2.75, 3.05) is 18.2 Å². The number of nitrogens with one attached hydrogen (secondary N) is 1. The van der Waals surface area contributed by atoms with Crippen LogP contribution >= 0.6 is 0 Å². The molecule has 0 fully saturated rings. The highest BCUT2D eigenvalue weighted by atomic mass is 16.5. The average molecular weight is 284 g/mol. The summed E-state index contributed by atoms with van der Waals surface area (Å²) in [6, 6.07) is 11.3. The van der Waals surface area contributed by atoms with Crippen LogP contribution in [0.5, 0.6) is 5.75 Å². The number of rotatable bonds is 4. The number of ether oxygens (including phenoxy) is 1. The van der Waals surface area contributed by atoms with Crippen LogP contribution in [0.2, 0.25) is 0 Å². The quantitative estimate of drug-likeness (QED) is 0.848. The summed E-state index contributed by atoms with van der Waals surface area (Å²) >= 11 is 0. The number of carbonyl (C=O) groups is 1. The van der Waals surface area contributed by atoms with Crippen molar-refractivity contribution in [2.45, 2.75) is 20.3 Å². The largest absolute Gasteiger partial charge is 0.497 e. The molecule has 0 saturated heterocycles. The van der Waals surface area contributed by atoms with Gasteiger partial charge in [-0.05, 0) is 54.8 Å². The zero-order valence-corrected chi connectivity index (χ0v) is 12.6. The van der Waals surface area contributed by atoms with Crippen LogP contribution in [-0.4, -0.2) is 13.0 Å². The smallest absolute Gasteiger partial charge is 0.228 e. The fourth-order valence-corrected chi connectivity index (χ4v) is 2.14. The molecule has 0 aliphatic heterocycles. The molecule has 0 atom stereocenters. The van der Waals surface area contributed by atoms with Crippen LogP contribution in [0.25, 0.3) is 0 Å². The van der Waals surface area contributed by atoms with E-state index in [1.807, 2.05) is 50.2 Å². The van der Waals surface area contributed by atoms with Gasteiger partial charge >= 0.3 is 0 Å². The van der Waals surface area contributed by atoms with Crippen LogP contribution in [0.15, 0.2) is 36.4 Å². The third-order valence-electron chi connectivity index (χ3n) is 3.39. The van der Waals surface area contributed by atoms with E-state index in [0.29, 0.717) is 6.42 Å². The van der Waals surface area contributed by atoms with Crippen molar-refractivity contribution in [1.82, 2.24) is 0 Å². The number of benzene rings is 2. The second-order valence-electron chi connectivity index (χ2n) is 5.10. The fraction of sp³-hybridized carbons (Fsp3) is 0.235. The highest BCUT2D eigenvalue weighted by Gasteiger charge is 2.08. The van der Waals surface area contributed by atoms with Gasteiger partial charge < -0.3 is 15.8 Å². The minimum absolute atomic E-state index is 0.0597. The van der Waals surface area contributed by atoms with Crippen LogP contribution < -0.4 is 15.8 Å². The number of hydrogen-bond donors (Lipinski definition) is 2. The lowest BCUT2D eigenvalue weighted by molar-refractivity contribution is -0.115. The van der Waals surface area contributed by atoms with E-state index in [0.717, 1.165) is 33.8 Å². The lowest BCUT2D eigenvalue weighted by Crippen LogP contribution is -2.15. The Hall–Kier alpha value is -2.49. The molecular weight excluding hydrogens is 264 g/mol. The van der Waals surface area contributed by atoms with Crippen molar-refractivity contribution in [3.05, 3.63) is 53.1 Å². The molecule has 110 valence electrons. The van der Waals surface area contributed by atoms with E-state index in [9.17, 15) is 4.79 Å². The molecule has 2 rings (SSSR count). The number of anilines is 2. The van der Waals surface area contributed by atoms with Gasteiger partial charge in [0.05, 0.1) is 13.5 Å². The zero-order valence-electron chi connectivity index (χ0n) is 12.6. The Kier molecular flexibility index (Phi) is 4.48. The summed E-state index contributed by atoms with van der Waals surface area (Å²) in [6.45, 7) is 3.85. The van der Waals surface area contributed by atoms with Crippen molar-refractivity contribution >= 4 is 17.3 Å². The topological polar surface area (TPSA) is 64.3 Å². The number of nitrogen functional groups attached to an aromatic ring is 1. The number of methoxy groups -OCH3 is 1. The monoisotopic (exact) mass is 284 g/mol. The molecule has 0 bridgehead atoms. The molecule has 0 heterocycles. The Balaban J connectivity index is 2.09. The molecular formula is C17H20N2O2. The molecule has 4 nitrogen and oxygen atoms in total. The van der Waals surface area contributed by atoms with Gasteiger partial charge in [-0.15, -0.1) is 0 Å². The van der Waals surface area contributed by atoms with Gasteiger partial charge in [0.25, 0.3) is 0 Å². The van der Waals surface area contributed by atoms with E-state index in [1.165, 1.54) is 0 Å². The van der Waals surface area contributed by atoms with Gasteiger partial charge in [0.2, 0.25) is 5.91 Å². The standard InChI is InChI=1S/C17H20N2O2/c1-11-8-16(12(2)7-15(11)18)19-17(20)10-13-5-4-6-14(9-13)21-3/h4-9H,10,18H2,1-3H3,(H,19,20). The van der Waals surface area contributed by atoms with E-state index in [4.69, 9.17) is 10.5 Å². The van der Waals surface area contributed by atoms with Crippen LogP contribution in [0, 0.1) is 13.8 Å². The Morgan fingerprint density at radius 1 is 1.19 bits per heavy atom. The van der Waals surface area contributed by atoms with E-state index in [-0.39, 0.29) is 5.91 Å². The number of carbonyl (C=O) groups excluding carboxylic acids is 1. The molecule has 0 aliphatic carbocycles. The Morgan fingerprint density at radius 2 is 1.95 bits per heavy atom. The highest BCUT2D eigenvalue weighted by molar-refractivity contribution is 5.93. The first-order valence-electron chi connectivity index (χ1n) is 6.79. The molecule has 1 amide bonds. The van der Waals surface area contributed by atoms with E-state index < -0.39 is 0 Å². The van der Waals surface area contributed by atoms with Gasteiger partial charge in [0.1, 0.15) is 5.75 Å². The SMILES string of the molecule is COc1cccc(CC(=O)Nc2cc(C)c(N)cc2C)c1. The number of aryl methyl sites for hydroxylation is 2. The summed E-state index contributed by atoms with van der Waals surface area (Å²) < 4.78 is 5.16. The van der Waals surface area contributed by atoms with Gasteiger partial charge in [-0.1, -0.05) is 12.1 Å². The van der Waals surface area contributed by atoms with Crippen molar-refractivity contribution in [3.8, 4) is 5.75 Å². The highest BCUT2D eigenvalue weighted by Crippen LogP contribution is 2.22. The van der Waals surface area contributed by atoms with Gasteiger partial charge in [0, 0.05) is 11.4 Å². The van der Waals surface area contributed by atoms with Gasteiger partial charge in [-0.3, -0.25) is 4.79 Å². The van der Waals surface area contributed by atoms with E-state index in [1.54, 1.807) is 7.11 Å². The molecule has 0 spiro atoms. The molecule has 0 radical (unpaired) electrons. The normalized spacial score (nSPS) is 10.2. The number of amides is 1. The third kappa shape index (κ3) is 3.75. The summed E-state index contributed by atoms with van der Waals surface area (Å²) in [4.78, 5) is 12.1. The summed E-state index contributed by atoms with van der Waals surface area (Å²) in [5.74, 6) is 0.690. The first kappa shape index (κ1) is 14.9. The molecule has 2 aromatic carbocycles. The second kappa shape index (κ2) is 6.31. The molecule has 0 unspecified atom stereocenters. The Bertz CT molecular complexity index is 666. The molecule has 2 aromatic rings. The fourth-order valence-electron chi connectivity index (χ4n) is 2.14. The van der Waals surface area contributed by atoms with Crippen molar-refractivity contribution in [2.24, 2.45) is 0 Å². The predicted molar refractivity (Wildman–Crippen MR) is 85.7 cm³/mol. The van der Waals surface area contributed by atoms with E-state index >= 15 is 0 Å². The van der Waals surface area contributed by atoms with Gasteiger partial charge in [-0.25, -0.2) is 0 Å². The molecule has 0 aromatic heterocycles. The van der Waals surface area contributed by atoms with Crippen LogP contribution in [0.1, 0.15) is 16.7 Å². The molecule has 0 aliphatic rings. The van der Waals surface area contributed by atoms with E-state index in [2.05, 4.69) is 5.32 Å². The maximum atomic E-state index is 12.1. The minimum atomic E-state index is -0.0597. The molecule has 21 heavy (non-hydrogen) atoms. The van der Waals surface area contributed by atoms with Crippen molar-refractivity contribution in [3.63, 3.8) is 0 Å². The predicted octanol–water partition coefficient (Wildman–Crippen LogP) is 3.08. The summed E-state index contributed by atoms with van der Waals surface area (Å²) in [5.41, 5.74) is 10.2. The van der Waals surface area contributed by atoms with Gasteiger partial charge in [0.15, 0.2) is 0 Å². The Labute approximate surface area is 124 Å². The first-order chi connectivity index (χ1) is 9.99. The zero-order chi connectivity index (χ0) is 15.4. The van der Waals surface area contributed by atoms with Crippen molar-refractivity contribution < 1.29 is 9.53 Å². The van der Waals surface area contributed by atoms with Crippen LogP contribution in [-0.2, 0) is 11.2 Å².